The van der Waals surface area contributed by atoms with Gasteiger partial charge in [-0.3, -0.25) is 14.6 Å². The van der Waals surface area contributed by atoms with Crippen LogP contribution in [-0.2, 0) is 28.9 Å². The van der Waals surface area contributed by atoms with Crippen LogP contribution >= 0.6 is 11.3 Å². The molecule has 1 atom stereocenters. The third-order valence-corrected chi connectivity index (χ3v) is 6.62. The number of hydrazone groups is 1. The number of para-hydroxylation sites is 1. The first-order chi connectivity index (χ1) is 14.1. The van der Waals surface area contributed by atoms with Gasteiger partial charge >= 0.3 is 0 Å². The molecular weight excluding hydrogens is 384 g/mol. The molecule has 2 aromatic rings. The van der Waals surface area contributed by atoms with Gasteiger partial charge in [0.15, 0.2) is 5.78 Å². The number of hydrogen-bond donors (Lipinski definition) is 1. The maximum Gasteiger partial charge on any atom is 0.267 e. The molecule has 6 nitrogen and oxygen atoms in total. The van der Waals surface area contributed by atoms with Crippen LogP contribution in [0.4, 0.5) is 5.69 Å². The van der Waals surface area contributed by atoms with Crippen molar-refractivity contribution in [3.8, 4) is 0 Å². The summed E-state index contributed by atoms with van der Waals surface area (Å²) in [4.78, 5) is 30.8. The van der Waals surface area contributed by atoms with Crippen molar-refractivity contribution < 1.29 is 9.59 Å². The third kappa shape index (κ3) is 4.56. The quantitative estimate of drug-likeness (QED) is 0.711. The summed E-state index contributed by atoms with van der Waals surface area (Å²) in [6.45, 7) is 2.13. The zero-order valence-corrected chi connectivity index (χ0v) is 17.5. The van der Waals surface area contributed by atoms with E-state index < -0.39 is 6.04 Å². The van der Waals surface area contributed by atoms with Gasteiger partial charge in [0.05, 0.1) is 16.4 Å². The summed E-state index contributed by atoms with van der Waals surface area (Å²) in [5.41, 5.74) is 2.53. The van der Waals surface area contributed by atoms with E-state index in [2.05, 4.69) is 10.4 Å². The van der Waals surface area contributed by atoms with Crippen molar-refractivity contribution >= 4 is 34.4 Å². The zero-order chi connectivity index (χ0) is 20.2. The van der Waals surface area contributed by atoms with Gasteiger partial charge < -0.3 is 5.32 Å². The number of aromatic nitrogens is 1. The summed E-state index contributed by atoms with van der Waals surface area (Å²) in [5.74, 6) is -0.179. The molecular formula is C22H26N4O2S. The molecule has 7 heteroatoms. The molecule has 1 aliphatic heterocycles. The lowest BCUT2D eigenvalue weighted by atomic mass is 10.0. The number of fused-ring (bicyclic) bond motifs is 1. The van der Waals surface area contributed by atoms with E-state index in [0.29, 0.717) is 18.7 Å². The standard InChI is InChI=1S/C22H26N4O2S/c1-15(27)19-14-18(25-26(19)16-8-3-2-4-9-16)22(28)23-13-7-12-21-24-17-10-5-6-11-20(17)29-21/h2-4,8-9,19H,5-7,10-14H2,1H3,(H,23,28). The Kier molecular flexibility index (Phi) is 6.04. The van der Waals surface area contributed by atoms with E-state index in [9.17, 15) is 9.59 Å². The molecule has 0 radical (unpaired) electrons. The Morgan fingerprint density at radius 3 is 2.76 bits per heavy atom. The normalized spacial score (nSPS) is 18.3. The number of amides is 1. The maximum atomic E-state index is 12.6. The van der Waals surface area contributed by atoms with Gasteiger partial charge in [-0.2, -0.15) is 5.10 Å². The molecule has 0 saturated carbocycles. The van der Waals surface area contributed by atoms with Gasteiger partial charge in [-0.05, 0) is 51.2 Å². The van der Waals surface area contributed by atoms with Crippen LogP contribution in [0.15, 0.2) is 35.4 Å². The lowest BCUT2D eigenvalue weighted by molar-refractivity contribution is -0.118. The Morgan fingerprint density at radius 1 is 1.21 bits per heavy atom. The van der Waals surface area contributed by atoms with Crippen LogP contribution in [0.5, 0.6) is 0 Å². The summed E-state index contributed by atoms with van der Waals surface area (Å²) in [6, 6.07) is 9.09. The highest BCUT2D eigenvalue weighted by atomic mass is 32.1. The number of thiazole rings is 1. The van der Waals surface area contributed by atoms with Crippen LogP contribution in [-0.4, -0.2) is 35.0 Å². The largest absolute Gasteiger partial charge is 0.351 e. The number of aryl methyl sites for hydroxylation is 3. The minimum Gasteiger partial charge on any atom is -0.351 e. The van der Waals surface area contributed by atoms with Gasteiger partial charge in [-0.15, -0.1) is 11.3 Å². The Balaban J connectivity index is 1.31. The molecule has 1 amide bonds. The SMILES string of the molecule is CC(=O)C1CC(C(=O)NCCCc2nc3c(s2)CCCC3)=NN1c1ccccc1. The highest BCUT2D eigenvalue weighted by Gasteiger charge is 2.33. The zero-order valence-electron chi connectivity index (χ0n) is 16.7. The summed E-state index contributed by atoms with van der Waals surface area (Å²) in [6.07, 6.45) is 6.87. The van der Waals surface area contributed by atoms with Gasteiger partial charge in [0, 0.05) is 24.3 Å². The van der Waals surface area contributed by atoms with Crippen molar-refractivity contribution in [2.24, 2.45) is 5.10 Å². The number of Topliss-reactive ketones (excluding diaryl/α,β-unsaturated/α-hetero) is 1. The smallest absolute Gasteiger partial charge is 0.267 e. The highest BCUT2D eigenvalue weighted by molar-refractivity contribution is 7.11. The van der Waals surface area contributed by atoms with E-state index in [4.69, 9.17) is 4.98 Å². The molecule has 4 rings (SSSR count). The second kappa shape index (κ2) is 8.86. The first kappa shape index (κ1) is 19.8. The number of nitrogens with zero attached hydrogens (tertiary/aromatic N) is 3. The summed E-state index contributed by atoms with van der Waals surface area (Å²) in [7, 11) is 0. The van der Waals surface area contributed by atoms with E-state index in [1.54, 1.807) is 11.9 Å². The predicted molar refractivity (Wildman–Crippen MR) is 116 cm³/mol. The van der Waals surface area contributed by atoms with Gasteiger partial charge in [0.25, 0.3) is 5.91 Å². The molecule has 1 aromatic carbocycles. The van der Waals surface area contributed by atoms with Crippen molar-refractivity contribution in [1.82, 2.24) is 10.3 Å². The fourth-order valence-electron chi connectivity index (χ4n) is 3.84. The molecule has 29 heavy (non-hydrogen) atoms. The average Bonchev–Trinajstić information content (AvgIpc) is 3.36. The van der Waals surface area contributed by atoms with E-state index in [1.807, 2.05) is 41.7 Å². The number of nitrogens with one attached hydrogen (secondary N) is 1. The number of benzene rings is 1. The molecule has 0 bridgehead atoms. The monoisotopic (exact) mass is 410 g/mol. The molecule has 2 aliphatic rings. The minimum atomic E-state index is -0.417. The molecule has 0 saturated heterocycles. The van der Waals surface area contributed by atoms with Gasteiger partial charge in [0.2, 0.25) is 0 Å². The molecule has 1 unspecified atom stereocenters. The summed E-state index contributed by atoms with van der Waals surface area (Å²) >= 11 is 1.83. The van der Waals surface area contributed by atoms with Crippen LogP contribution in [0.2, 0.25) is 0 Å². The number of carbonyl (C=O) groups excluding carboxylic acids is 2. The van der Waals surface area contributed by atoms with Crippen LogP contribution in [0.3, 0.4) is 0 Å². The van der Waals surface area contributed by atoms with Crippen molar-refractivity contribution in [3.05, 3.63) is 45.9 Å². The lowest BCUT2D eigenvalue weighted by Gasteiger charge is -2.20. The summed E-state index contributed by atoms with van der Waals surface area (Å²) in [5, 5.41) is 10.2. The van der Waals surface area contributed by atoms with Gasteiger partial charge in [-0.25, -0.2) is 4.98 Å². The molecule has 2 heterocycles. The van der Waals surface area contributed by atoms with E-state index >= 15 is 0 Å². The first-order valence-corrected chi connectivity index (χ1v) is 11.1. The second-order valence-electron chi connectivity index (χ2n) is 7.60. The van der Waals surface area contributed by atoms with E-state index in [0.717, 1.165) is 24.9 Å². The number of rotatable bonds is 7. The van der Waals surface area contributed by atoms with Crippen molar-refractivity contribution in [1.29, 1.82) is 0 Å². The lowest BCUT2D eigenvalue weighted by Crippen LogP contribution is -2.34. The predicted octanol–water partition coefficient (Wildman–Crippen LogP) is 3.29. The molecule has 1 aliphatic carbocycles. The topological polar surface area (TPSA) is 74.7 Å². The Hall–Kier alpha value is -2.54. The number of anilines is 1. The Morgan fingerprint density at radius 2 is 2.00 bits per heavy atom. The molecule has 1 N–H and O–H groups in total. The fourth-order valence-corrected chi connectivity index (χ4v) is 5.04. The van der Waals surface area contributed by atoms with Crippen molar-refractivity contribution in [2.45, 2.75) is 57.9 Å². The fraction of sp³-hybridized carbons (Fsp3) is 0.455. The van der Waals surface area contributed by atoms with Gasteiger partial charge in [-0.1, -0.05) is 18.2 Å². The second-order valence-corrected chi connectivity index (χ2v) is 8.77. The van der Waals surface area contributed by atoms with Crippen LogP contribution in [0, 0.1) is 0 Å². The molecule has 152 valence electrons. The van der Waals surface area contributed by atoms with Crippen molar-refractivity contribution in [2.75, 3.05) is 11.6 Å². The molecule has 0 spiro atoms. The molecule has 1 aromatic heterocycles. The maximum absolute atomic E-state index is 12.6. The first-order valence-electron chi connectivity index (χ1n) is 10.3. The highest BCUT2D eigenvalue weighted by Crippen LogP contribution is 2.27. The molecule has 0 fully saturated rings. The van der Waals surface area contributed by atoms with E-state index in [-0.39, 0.29) is 11.7 Å². The van der Waals surface area contributed by atoms with Crippen molar-refractivity contribution in [3.63, 3.8) is 0 Å². The van der Waals surface area contributed by atoms with Gasteiger partial charge in [0.1, 0.15) is 11.8 Å². The Bertz CT molecular complexity index is 899. The minimum absolute atomic E-state index is 0.00754. The van der Waals surface area contributed by atoms with Crippen LogP contribution in [0.1, 0.15) is 48.2 Å². The Labute approximate surface area is 175 Å². The summed E-state index contributed by atoms with van der Waals surface area (Å²) < 4.78 is 0. The average molecular weight is 411 g/mol. The van der Waals surface area contributed by atoms with Crippen LogP contribution < -0.4 is 10.3 Å². The number of hydrogen-bond acceptors (Lipinski definition) is 6. The number of ketones is 1. The van der Waals surface area contributed by atoms with E-state index in [1.165, 1.54) is 34.8 Å². The van der Waals surface area contributed by atoms with Crippen LogP contribution in [0.25, 0.3) is 0 Å². The number of carbonyl (C=O) groups is 2. The third-order valence-electron chi connectivity index (χ3n) is 5.41.